The molecule has 48 valence electrons. The maximum atomic E-state index is 5.14. The summed E-state index contributed by atoms with van der Waals surface area (Å²) in [5.41, 5.74) is 1.33. The van der Waals surface area contributed by atoms with Gasteiger partial charge in [0.05, 0.1) is 12.9 Å². The molecule has 2 aliphatic rings. The summed E-state index contributed by atoms with van der Waals surface area (Å²) < 4.78 is 5.14. The largest absolute Gasteiger partial charge is 0.500 e. The monoisotopic (exact) mass is 123 g/mol. The zero-order valence-corrected chi connectivity index (χ0v) is 5.13. The standard InChI is InChI=1S/C7H9NO/c1-2-8-3-7-5-9-4-6(1)7/h1-2,4,7-8H,3,5H2. The molecule has 0 radical (unpaired) electrons. The molecule has 9 heavy (non-hydrogen) atoms. The first-order chi connectivity index (χ1) is 4.47. The fourth-order valence-corrected chi connectivity index (χ4v) is 1.17. The Bertz CT molecular complexity index is 172. The lowest BCUT2D eigenvalue weighted by molar-refractivity contribution is 0.248. The van der Waals surface area contributed by atoms with Crippen molar-refractivity contribution in [3.63, 3.8) is 0 Å². The highest BCUT2D eigenvalue weighted by molar-refractivity contribution is 5.25. The van der Waals surface area contributed by atoms with Crippen molar-refractivity contribution in [3.05, 3.63) is 24.1 Å². The third kappa shape index (κ3) is 0.707. The Kier molecular flexibility index (Phi) is 0.979. The Balaban J connectivity index is 2.24. The van der Waals surface area contributed by atoms with Crippen molar-refractivity contribution in [2.24, 2.45) is 5.92 Å². The molecule has 0 amide bonds. The van der Waals surface area contributed by atoms with Crippen LogP contribution in [0.3, 0.4) is 0 Å². The van der Waals surface area contributed by atoms with Crippen molar-refractivity contribution in [1.82, 2.24) is 5.32 Å². The lowest BCUT2D eigenvalue weighted by Gasteiger charge is -2.13. The highest BCUT2D eigenvalue weighted by Gasteiger charge is 2.19. The van der Waals surface area contributed by atoms with Gasteiger partial charge in [0.15, 0.2) is 0 Å². The van der Waals surface area contributed by atoms with E-state index in [1.54, 1.807) is 0 Å². The molecule has 0 saturated carbocycles. The molecule has 0 aromatic heterocycles. The smallest absolute Gasteiger partial charge is 0.0960 e. The minimum absolute atomic E-state index is 0.606. The third-order valence-corrected chi connectivity index (χ3v) is 1.75. The second-order valence-corrected chi connectivity index (χ2v) is 2.39. The average Bonchev–Trinajstić information content (AvgIpc) is 2.33. The van der Waals surface area contributed by atoms with Crippen LogP contribution in [-0.4, -0.2) is 13.2 Å². The Morgan fingerprint density at radius 3 is 3.56 bits per heavy atom. The van der Waals surface area contributed by atoms with Gasteiger partial charge in [-0.25, -0.2) is 0 Å². The average molecular weight is 123 g/mol. The van der Waals surface area contributed by atoms with Gasteiger partial charge in [0.25, 0.3) is 0 Å². The van der Waals surface area contributed by atoms with Crippen LogP contribution in [0.5, 0.6) is 0 Å². The van der Waals surface area contributed by atoms with Gasteiger partial charge in [-0.2, -0.15) is 0 Å². The number of hydrogen-bond acceptors (Lipinski definition) is 2. The van der Waals surface area contributed by atoms with E-state index in [1.807, 2.05) is 12.5 Å². The van der Waals surface area contributed by atoms with Gasteiger partial charge in [0, 0.05) is 12.5 Å². The molecule has 0 saturated heterocycles. The summed E-state index contributed by atoms with van der Waals surface area (Å²) in [6.45, 7) is 1.88. The molecule has 1 N–H and O–H groups in total. The fraction of sp³-hybridized carbons (Fsp3) is 0.429. The van der Waals surface area contributed by atoms with Crippen LogP contribution in [0.15, 0.2) is 24.1 Å². The maximum absolute atomic E-state index is 5.14. The SMILES string of the molecule is C1=CC2=COCC2CN1. The first-order valence-corrected chi connectivity index (χ1v) is 3.18. The van der Waals surface area contributed by atoms with E-state index >= 15 is 0 Å². The molecule has 0 aromatic rings. The van der Waals surface area contributed by atoms with Gasteiger partial charge in [0.1, 0.15) is 0 Å². The molecule has 2 heteroatoms. The predicted octanol–water partition coefficient (Wildman–Crippen LogP) is 0.634. The molecular weight excluding hydrogens is 114 g/mol. The van der Waals surface area contributed by atoms with Crippen molar-refractivity contribution in [1.29, 1.82) is 0 Å². The maximum Gasteiger partial charge on any atom is 0.0960 e. The minimum Gasteiger partial charge on any atom is -0.500 e. The van der Waals surface area contributed by atoms with Gasteiger partial charge in [0.2, 0.25) is 0 Å². The van der Waals surface area contributed by atoms with Gasteiger partial charge >= 0.3 is 0 Å². The van der Waals surface area contributed by atoms with Crippen molar-refractivity contribution in [2.45, 2.75) is 0 Å². The highest BCUT2D eigenvalue weighted by atomic mass is 16.5. The number of fused-ring (bicyclic) bond motifs is 1. The van der Waals surface area contributed by atoms with Crippen LogP contribution in [0.2, 0.25) is 0 Å². The summed E-state index contributed by atoms with van der Waals surface area (Å²) in [6.07, 6.45) is 5.89. The molecule has 2 aliphatic heterocycles. The lowest BCUT2D eigenvalue weighted by atomic mass is 10.0. The topological polar surface area (TPSA) is 21.3 Å². The van der Waals surface area contributed by atoms with E-state index in [1.165, 1.54) is 5.57 Å². The molecule has 2 heterocycles. The van der Waals surface area contributed by atoms with E-state index in [2.05, 4.69) is 11.4 Å². The molecule has 1 atom stereocenters. The van der Waals surface area contributed by atoms with Crippen LogP contribution < -0.4 is 5.32 Å². The molecule has 2 nitrogen and oxygen atoms in total. The number of ether oxygens (including phenoxy) is 1. The zero-order valence-electron chi connectivity index (χ0n) is 5.13. The molecule has 0 bridgehead atoms. The van der Waals surface area contributed by atoms with Crippen LogP contribution >= 0.6 is 0 Å². The molecular formula is C7H9NO. The summed E-state index contributed by atoms with van der Waals surface area (Å²) in [4.78, 5) is 0. The van der Waals surface area contributed by atoms with E-state index in [9.17, 15) is 0 Å². The summed E-state index contributed by atoms with van der Waals surface area (Å²) in [6, 6.07) is 0. The number of hydrogen-bond donors (Lipinski definition) is 1. The van der Waals surface area contributed by atoms with E-state index in [0.717, 1.165) is 13.2 Å². The van der Waals surface area contributed by atoms with Gasteiger partial charge in [-0.1, -0.05) is 0 Å². The normalized spacial score (nSPS) is 30.2. The van der Waals surface area contributed by atoms with E-state index < -0.39 is 0 Å². The molecule has 0 aromatic carbocycles. The molecule has 0 aliphatic carbocycles. The van der Waals surface area contributed by atoms with Crippen LogP contribution in [0, 0.1) is 5.92 Å². The Labute approximate surface area is 54.2 Å². The van der Waals surface area contributed by atoms with Crippen LogP contribution in [0.4, 0.5) is 0 Å². The molecule has 1 unspecified atom stereocenters. The number of rotatable bonds is 0. The van der Waals surface area contributed by atoms with Crippen molar-refractivity contribution in [2.75, 3.05) is 13.2 Å². The van der Waals surface area contributed by atoms with E-state index in [0.29, 0.717) is 5.92 Å². The predicted molar refractivity (Wildman–Crippen MR) is 34.7 cm³/mol. The van der Waals surface area contributed by atoms with Crippen LogP contribution in [-0.2, 0) is 4.74 Å². The lowest BCUT2D eigenvalue weighted by Crippen LogP contribution is -2.23. The van der Waals surface area contributed by atoms with E-state index in [4.69, 9.17) is 4.74 Å². The summed E-state index contributed by atoms with van der Waals surface area (Å²) in [5, 5.41) is 3.15. The number of allylic oxidation sites excluding steroid dienone is 1. The molecule has 0 fully saturated rings. The zero-order chi connectivity index (χ0) is 6.10. The Morgan fingerprint density at radius 2 is 2.67 bits per heavy atom. The van der Waals surface area contributed by atoms with Crippen LogP contribution in [0.25, 0.3) is 0 Å². The number of nitrogens with one attached hydrogen (secondary N) is 1. The highest BCUT2D eigenvalue weighted by Crippen LogP contribution is 2.21. The first kappa shape index (κ1) is 4.91. The second-order valence-electron chi connectivity index (χ2n) is 2.39. The fourth-order valence-electron chi connectivity index (χ4n) is 1.17. The van der Waals surface area contributed by atoms with Crippen molar-refractivity contribution < 1.29 is 4.74 Å². The Morgan fingerprint density at radius 1 is 1.67 bits per heavy atom. The van der Waals surface area contributed by atoms with Crippen molar-refractivity contribution >= 4 is 0 Å². The summed E-state index contributed by atoms with van der Waals surface area (Å²) >= 11 is 0. The minimum atomic E-state index is 0.606. The first-order valence-electron chi connectivity index (χ1n) is 3.18. The van der Waals surface area contributed by atoms with Crippen LogP contribution in [0.1, 0.15) is 0 Å². The van der Waals surface area contributed by atoms with Gasteiger partial charge in [-0.3, -0.25) is 0 Å². The Hall–Kier alpha value is -0.920. The van der Waals surface area contributed by atoms with Gasteiger partial charge in [-0.15, -0.1) is 0 Å². The summed E-state index contributed by atoms with van der Waals surface area (Å²) in [5.74, 6) is 0.606. The van der Waals surface area contributed by atoms with Crippen molar-refractivity contribution in [3.8, 4) is 0 Å². The quantitative estimate of drug-likeness (QED) is 0.510. The van der Waals surface area contributed by atoms with Gasteiger partial charge in [-0.05, 0) is 17.8 Å². The van der Waals surface area contributed by atoms with Gasteiger partial charge < -0.3 is 10.1 Å². The van der Waals surface area contributed by atoms with E-state index in [-0.39, 0.29) is 0 Å². The molecule has 2 rings (SSSR count). The second kappa shape index (κ2) is 1.79. The summed E-state index contributed by atoms with van der Waals surface area (Å²) in [7, 11) is 0. The molecule has 0 spiro atoms. The third-order valence-electron chi connectivity index (χ3n) is 1.75.